The minimum absolute atomic E-state index is 0.959. The molecule has 0 radical (unpaired) electrons. The molecule has 1 heterocycles. The average Bonchev–Trinajstić information content (AvgIpc) is 2.27. The Morgan fingerprint density at radius 1 is 0.333 bits per heavy atom. The highest BCUT2D eigenvalue weighted by Crippen LogP contribution is 2.06. The SMILES string of the molecule is C1CCCOCCCCCCOCCC1. The Balaban J connectivity index is 2.01. The third-order valence-electron chi connectivity index (χ3n) is 2.90. The van der Waals surface area contributed by atoms with E-state index in [-0.39, 0.29) is 0 Å². The molecule has 0 bridgehead atoms. The largest absolute Gasteiger partial charge is 0.381 e. The van der Waals surface area contributed by atoms with Crippen molar-refractivity contribution in [1.82, 2.24) is 0 Å². The molecule has 2 heteroatoms. The Hall–Kier alpha value is -0.0800. The zero-order valence-electron chi connectivity index (χ0n) is 10.0. The number of ether oxygens (including phenoxy) is 2. The summed E-state index contributed by atoms with van der Waals surface area (Å²) in [5.74, 6) is 0. The van der Waals surface area contributed by atoms with E-state index in [9.17, 15) is 0 Å². The minimum Gasteiger partial charge on any atom is -0.381 e. The van der Waals surface area contributed by atoms with Crippen molar-refractivity contribution < 1.29 is 9.47 Å². The summed E-state index contributed by atoms with van der Waals surface area (Å²) in [6.45, 7) is 3.86. The van der Waals surface area contributed by atoms with Crippen LogP contribution in [-0.4, -0.2) is 26.4 Å². The molecular weight excluding hydrogens is 188 g/mol. The summed E-state index contributed by atoms with van der Waals surface area (Å²) in [4.78, 5) is 0. The van der Waals surface area contributed by atoms with Gasteiger partial charge in [0.15, 0.2) is 0 Å². The molecule has 0 N–H and O–H groups in total. The molecule has 0 saturated carbocycles. The molecule has 1 fully saturated rings. The van der Waals surface area contributed by atoms with Crippen molar-refractivity contribution in [1.29, 1.82) is 0 Å². The predicted molar refractivity (Wildman–Crippen MR) is 63.2 cm³/mol. The molecule has 0 amide bonds. The van der Waals surface area contributed by atoms with Crippen LogP contribution in [0, 0.1) is 0 Å². The molecule has 90 valence electrons. The van der Waals surface area contributed by atoms with E-state index in [0.717, 1.165) is 26.4 Å². The average molecular weight is 214 g/mol. The van der Waals surface area contributed by atoms with Gasteiger partial charge in [-0.2, -0.15) is 0 Å². The number of rotatable bonds is 0. The van der Waals surface area contributed by atoms with Crippen molar-refractivity contribution in [2.24, 2.45) is 0 Å². The molecule has 0 aromatic heterocycles. The van der Waals surface area contributed by atoms with Gasteiger partial charge in [-0.05, 0) is 25.7 Å². The van der Waals surface area contributed by atoms with E-state index in [1.165, 1.54) is 57.8 Å². The van der Waals surface area contributed by atoms with Gasteiger partial charge < -0.3 is 9.47 Å². The first-order valence-corrected chi connectivity index (χ1v) is 6.65. The Bertz CT molecular complexity index is 67.1. The highest BCUT2D eigenvalue weighted by Gasteiger charge is 1.95. The maximum atomic E-state index is 5.58. The zero-order valence-corrected chi connectivity index (χ0v) is 10.0. The third kappa shape index (κ3) is 8.88. The van der Waals surface area contributed by atoms with Gasteiger partial charge in [0, 0.05) is 26.4 Å². The molecule has 0 aromatic carbocycles. The number of hydrogen-bond donors (Lipinski definition) is 0. The van der Waals surface area contributed by atoms with Crippen LogP contribution in [0.25, 0.3) is 0 Å². The molecule has 1 rings (SSSR count). The van der Waals surface area contributed by atoms with E-state index in [1.807, 2.05) is 0 Å². The lowest BCUT2D eigenvalue weighted by molar-refractivity contribution is 0.122. The normalized spacial score (nSPS) is 24.0. The van der Waals surface area contributed by atoms with Crippen LogP contribution < -0.4 is 0 Å². The van der Waals surface area contributed by atoms with E-state index in [2.05, 4.69) is 0 Å². The third-order valence-corrected chi connectivity index (χ3v) is 2.90. The van der Waals surface area contributed by atoms with E-state index < -0.39 is 0 Å². The lowest BCUT2D eigenvalue weighted by Gasteiger charge is -2.03. The van der Waals surface area contributed by atoms with Crippen LogP contribution in [0.2, 0.25) is 0 Å². The van der Waals surface area contributed by atoms with Crippen LogP contribution in [0.4, 0.5) is 0 Å². The van der Waals surface area contributed by atoms with Gasteiger partial charge in [0.2, 0.25) is 0 Å². The van der Waals surface area contributed by atoms with Crippen LogP contribution in [-0.2, 0) is 9.47 Å². The maximum Gasteiger partial charge on any atom is 0.0466 e. The van der Waals surface area contributed by atoms with Crippen molar-refractivity contribution in [3.8, 4) is 0 Å². The summed E-state index contributed by atoms with van der Waals surface area (Å²) in [7, 11) is 0. The van der Waals surface area contributed by atoms with Crippen molar-refractivity contribution in [2.45, 2.75) is 57.8 Å². The Morgan fingerprint density at radius 2 is 0.600 bits per heavy atom. The highest BCUT2D eigenvalue weighted by atomic mass is 16.5. The molecule has 0 unspecified atom stereocenters. The summed E-state index contributed by atoms with van der Waals surface area (Å²) in [5, 5.41) is 0. The second kappa shape index (κ2) is 10.4. The summed E-state index contributed by atoms with van der Waals surface area (Å²) in [6.07, 6.45) is 11.5. The van der Waals surface area contributed by atoms with Gasteiger partial charge in [-0.3, -0.25) is 0 Å². The molecule has 2 nitrogen and oxygen atoms in total. The van der Waals surface area contributed by atoms with Gasteiger partial charge >= 0.3 is 0 Å². The molecule has 0 aromatic rings. The van der Waals surface area contributed by atoms with Gasteiger partial charge in [-0.15, -0.1) is 0 Å². The van der Waals surface area contributed by atoms with Gasteiger partial charge in [0.1, 0.15) is 0 Å². The molecule has 0 spiro atoms. The van der Waals surface area contributed by atoms with Gasteiger partial charge in [-0.1, -0.05) is 32.1 Å². The Morgan fingerprint density at radius 3 is 0.933 bits per heavy atom. The van der Waals surface area contributed by atoms with E-state index in [4.69, 9.17) is 9.47 Å². The Kier molecular flexibility index (Phi) is 9.04. The summed E-state index contributed by atoms with van der Waals surface area (Å²) >= 11 is 0. The standard InChI is InChI=1S/C13H26O2/c1-2-6-10-14-12-8-4-5-9-13-15-11-7-3-1/h1-13H2. The van der Waals surface area contributed by atoms with Crippen molar-refractivity contribution in [3.63, 3.8) is 0 Å². The molecule has 15 heavy (non-hydrogen) atoms. The topological polar surface area (TPSA) is 18.5 Å². The lowest BCUT2D eigenvalue weighted by Crippen LogP contribution is -1.97. The first kappa shape index (κ1) is 13.0. The van der Waals surface area contributed by atoms with Crippen LogP contribution in [0.1, 0.15) is 57.8 Å². The van der Waals surface area contributed by atoms with Crippen molar-refractivity contribution in [3.05, 3.63) is 0 Å². The quantitative estimate of drug-likeness (QED) is 0.614. The molecular formula is C13H26O2. The lowest BCUT2D eigenvalue weighted by atomic mass is 10.1. The zero-order chi connectivity index (χ0) is 10.6. The second-order valence-corrected chi connectivity index (χ2v) is 4.41. The summed E-state index contributed by atoms with van der Waals surface area (Å²) in [5.41, 5.74) is 0. The van der Waals surface area contributed by atoms with Crippen LogP contribution in [0.3, 0.4) is 0 Å². The molecule has 0 atom stereocenters. The summed E-state index contributed by atoms with van der Waals surface area (Å²) in [6, 6.07) is 0. The van der Waals surface area contributed by atoms with Gasteiger partial charge in [0.05, 0.1) is 0 Å². The smallest absolute Gasteiger partial charge is 0.0466 e. The fourth-order valence-corrected chi connectivity index (χ4v) is 1.90. The van der Waals surface area contributed by atoms with Gasteiger partial charge in [-0.25, -0.2) is 0 Å². The molecule has 1 saturated heterocycles. The van der Waals surface area contributed by atoms with Gasteiger partial charge in [0.25, 0.3) is 0 Å². The van der Waals surface area contributed by atoms with Crippen molar-refractivity contribution in [2.75, 3.05) is 26.4 Å². The van der Waals surface area contributed by atoms with Crippen LogP contribution in [0.5, 0.6) is 0 Å². The molecule has 1 aliphatic heterocycles. The molecule has 0 aliphatic carbocycles. The summed E-state index contributed by atoms with van der Waals surface area (Å²) < 4.78 is 11.2. The fourth-order valence-electron chi connectivity index (χ4n) is 1.90. The first-order valence-electron chi connectivity index (χ1n) is 6.65. The predicted octanol–water partition coefficient (Wildman–Crippen LogP) is 3.54. The Labute approximate surface area is 94.3 Å². The number of hydrogen-bond acceptors (Lipinski definition) is 2. The fraction of sp³-hybridized carbons (Fsp3) is 1.00. The van der Waals surface area contributed by atoms with E-state index in [1.54, 1.807) is 0 Å². The highest BCUT2D eigenvalue weighted by molar-refractivity contribution is 4.47. The first-order chi connectivity index (χ1) is 7.50. The monoisotopic (exact) mass is 214 g/mol. The van der Waals surface area contributed by atoms with E-state index in [0.29, 0.717) is 0 Å². The maximum absolute atomic E-state index is 5.58. The van der Waals surface area contributed by atoms with Crippen LogP contribution in [0.15, 0.2) is 0 Å². The minimum atomic E-state index is 0.959. The van der Waals surface area contributed by atoms with Crippen LogP contribution >= 0.6 is 0 Å². The van der Waals surface area contributed by atoms with E-state index >= 15 is 0 Å². The molecule has 1 aliphatic rings. The second-order valence-electron chi connectivity index (χ2n) is 4.41. The van der Waals surface area contributed by atoms with Crippen molar-refractivity contribution >= 4 is 0 Å².